The number of hydrogen-bond donors (Lipinski definition) is 1. The van der Waals surface area contributed by atoms with E-state index < -0.39 is 9.84 Å². The second kappa shape index (κ2) is 9.28. The Kier molecular flexibility index (Phi) is 9.42. The zero-order chi connectivity index (χ0) is 13.6. The maximum Gasteiger partial charge on any atom is 0.193 e. The van der Waals surface area contributed by atoms with Gasteiger partial charge >= 0.3 is 0 Å². The number of aliphatic imine (C=N–C) groups is 1. The molecule has 8 heteroatoms. The third-order valence-electron chi connectivity index (χ3n) is 2.86. The quantitative estimate of drug-likeness (QED) is 0.418. The van der Waals surface area contributed by atoms with Crippen LogP contribution >= 0.6 is 35.7 Å². The van der Waals surface area contributed by atoms with Crippen molar-refractivity contribution in [2.45, 2.75) is 18.6 Å². The van der Waals surface area contributed by atoms with Crippen molar-refractivity contribution >= 4 is 51.5 Å². The smallest absolute Gasteiger partial charge is 0.193 e. The lowest BCUT2D eigenvalue weighted by Crippen LogP contribution is -2.48. The van der Waals surface area contributed by atoms with Crippen molar-refractivity contribution in [2.24, 2.45) is 4.99 Å². The molecule has 1 fully saturated rings. The molecule has 1 atom stereocenters. The molecule has 0 bridgehead atoms. The van der Waals surface area contributed by atoms with Crippen LogP contribution in [-0.2, 0) is 9.84 Å². The molecule has 0 spiro atoms. The highest BCUT2D eigenvalue weighted by Crippen LogP contribution is 2.20. The third-order valence-corrected chi connectivity index (χ3v) is 5.18. The average molecular weight is 421 g/mol. The zero-order valence-electron chi connectivity index (χ0n) is 11.8. The molecule has 1 aliphatic heterocycles. The van der Waals surface area contributed by atoms with Crippen LogP contribution in [0, 0.1) is 0 Å². The summed E-state index contributed by atoms with van der Waals surface area (Å²) in [6, 6.07) is 0. The van der Waals surface area contributed by atoms with E-state index in [1.807, 2.05) is 11.8 Å². The lowest BCUT2D eigenvalue weighted by molar-refractivity contribution is 0.409. The van der Waals surface area contributed by atoms with Crippen molar-refractivity contribution in [3.8, 4) is 0 Å². The van der Waals surface area contributed by atoms with E-state index >= 15 is 0 Å². The molecule has 0 radical (unpaired) electrons. The van der Waals surface area contributed by atoms with E-state index in [4.69, 9.17) is 0 Å². The van der Waals surface area contributed by atoms with E-state index in [9.17, 15) is 8.42 Å². The summed E-state index contributed by atoms with van der Waals surface area (Å²) in [5.74, 6) is 2.06. The molecule has 5 nitrogen and oxygen atoms in total. The van der Waals surface area contributed by atoms with Gasteiger partial charge in [-0.2, -0.15) is 11.8 Å². The van der Waals surface area contributed by atoms with Gasteiger partial charge in [-0.1, -0.05) is 6.92 Å². The topological polar surface area (TPSA) is 61.8 Å². The molecule has 0 saturated carbocycles. The molecule has 0 aromatic heterocycles. The predicted molar refractivity (Wildman–Crippen MR) is 94.6 cm³/mol. The van der Waals surface area contributed by atoms with Gasteiger partial charge < -0.3 is 10.2 Å². The lowest BCUT2D eigenvalue weighted by atomic mass is 10.3. The molecular formula is C11H24IN3O2S2. The summed E-state index contributed by atoms with van der Waals surface area (Å²) >= 11 is 2.00. The number of thioether (sulfide) groups is 1. The first-order chi connectivity index (χ1) is 8.46. The number of sulfone groups is 1. The molecule has 1 N–H and O–H groups in total. The Morgan fingerprint density at radius 3 is 2.74 bits per heavy atom. The standard InChI is InChI=1S/C11H23N3O2S2.HI/c1-4-10-9-14(6-7-17-10)11(12-2)13-5-8-18(3,15)16;/h10H,4-9H2,1-3H3,(H,12,13);1H. The van der Waals surface area contributed by atoms with Gasteiger partial charge in [-0.25, -0.2) is 8.42 Å². The van der Waals surface area contributed by atoms with Gasteiger partial charge in [0.05, 0.1) is 5.75 Å². The highest BCUT2D eigenvalue weighted by molar-refractivity contribution is 14.0. The van der Waals surface area contributed by atoms with Gasteiger partial charge in [0, 0.05) is 43.9 Å². The highest BCUT2D eigenvalue weighted by atomic mass is 127. The Bertz CT molecular complexity index is 387. The summed E-state index contributed by atoms with van der Waals surface area (Å²) in [6.07, 6.45) is 2.41. The first kappa shape index (κ1) is 19.3. The lowest BCUT2D eigenvalue weighted by Gasteiger charge is -2.34. The molecular weight excluding hydrogens is 397 g/mol. The Balaban J connectivity index is 0.00000324. The van der Waals surface area contributed by atoms with Gasteiger partial charge in [0.2, 0.25) is 0 Å². The first-order valence-electron chi connectivity index (χ1n) is 6.21. The van der Waals surface area contributed by atoms with Gasteiger partial charge in [-0.15, -0.1) is 24.0 Å². The summed E-state index contributed by atoms with van der Waals surface area (Å²) in [7, 11) is -1.17. The van der Waals surface area contributed by atoms with E-state index in [0.29, 0.717) is 11.8 Å². The average Bonchev–Trinajstić information content (AvgIpc) is 2.33. The number of hydrogen-bond acceptors (Lipinski definition) is 4. The summed E-state index contributed by atoms with van der Waals surface area (Å²) in [5.41, 5.74) is 0. The van der Waals surface area contributed by atoms with Crippen molar-refractivity contribution in [1.82, 2.24) is 10.2 Å². The Hall–Kier alpha value is 0.300. The minimum atomic E-state index is -2.91. The summed E-state index contributed by atoms with van der Waals surface area (Å²) < 4.78 is 22.2. The van der Waals surface area contributed by atoms with Gasteiger partial charge in [-0.05, 0) is 6.42 Å². The van der Waals surface area contributed by atoms with Crippen LogP contribution in [0.4, 0.5) is 0 Å². The van der Waals surface area contributed by atoms with Gasteiger partial charge in [0.1, 0.15) is 9.84 Å². The number of guanidine groups is 1. The zero-order valence-corrected chi connectivity index (χ0v) is 15.7. The van der Waals surface area contributed by atoms with Crippen molar-refractivity contribution in [2.75, 3.05) is 44.4 Å². The van der Waals surface area contributed by atoms with Crippen molar-refractivity contribution < 1.29 is 8.42 Å². The van der Waals surface area contributed by atoms with Crippen LogP contribution in [-0.4, -0.2) is 69.0 Å². The van der Waals surface area contributed by atoms with Crippen molar-refractivity contribution in [3.05, 3.63) is 0 Å². The van der Waals surface area contributed by atoms with Crippen molar-refractivity contribution in [1.29, 1.82) is 0 Å². The maximum atomic E-state index is 11.1. The second-order valence-corrected chi connectivity index (χ2v) is 8.12. The molecule has 114 valence electrons. The fraction of sp³-hybridized carbons (Fsp3) is 0.909. The first-order valence-corrected chi connectivity index (χ1v) is 9.32. The summed E-state index contributed by atoms with van der Waals surface area (Å²) in [5, 5.41) is 3.77. The molecule has 0 aliphatic carbocycles. The minimum Gasteiger partial charge on any atom is -0.355 e. The minimum absolute atomic E-state index is 0. The second-order valence-electron chi connectivity index (χ2n) is 4.45. The number of nitrogens with one attached hydrogen (secondary N) is 1. The summed E-state index contributed by atoms with van der Waals surface area (Å²) in [6.45, 7) is 4.58. The summed E-state index contributed by atoms with van der Waals surface area (Å²) in [4.78, 5) is 6.44. The number of rotatable bonds is 4. The van der Waals surface area contributed by atoms with Gasteiger partial charge in [0.25, 0.3) is 0 Å². The fourth-order valence-electron chi connectivity index (χ4n) is 1.84. The molecule has 0 aromatic rings. The number of nitrogens with zero attached hydrogens (tertiary/aromatic N) is 2. The van der Waals surface area contributed by atoms with Gasteiger partial charge in [0.15, 0.2) is 5.96 Å². The molecule has 0 aromatic carbocycles. The Morgan fingerprint density at radius 1 is 1.53 bits per heavy atom. The Morgan fingerprint density at radius 2 is 2.21 bits per heavy atom. The maximum absolute atomic E-state index is 11.1. The van der Waals surface area contributed by atoms with Crippen LogP contribution in [0.1, 0.15) is 13.3 Å². The van der Waals surface area contributed by atoms with E-state index in [-0.39, 0.29) is 29.7 Å². The SMILES string of the molecule is CCC1CN(C(=NC)NCCS(C)(=O)=O)CCS1.I. The monoisotopic (exact) mass is 421 g/mol. The molecule has 1 heterocycles. The molecule has 1 unspecified atom stereocenters. The van der Waals surface area contributed by atoms with Crippen LogP contribution in [0.5, 0.6) is 0 Å². The number of halogens is 1. The Labute approximate surface area is 137 Å². The van der Waals surface area contributed by atoms with Gasteiger partial charge in [-0.3, -0.25) is 4.99 Å². The van der Waals surface area contributed by atoms with E-state index in [1.165, 1.54) is 6.26 Å². The largest absolute Gasteiger partial charge is 0.355 e. The molecule has 1 saturated heterocycles. The van der Waals surface area contributed by atoms with Crippen LogP contribution in [0.25, 0.3) is 0 Å². The van der Waals surface area contributed by atoms with Crippen LogP contribution in [0.15, 0.2) is 4.99 Å². The van der Waals surface area contributed by atoms with Crippen LogP contribution in [0.3, 0.4) is 0 Å². The predicted octanol–water partition coefficient (Wildman–Crippen LogP) is 1.05. The fourth-order valence-corrected chi connectivity index (χ4v) is 3.49. The molecule has 1 aliphatic rings. The van der Waals surface area contributed by atoms with E-state index in [1.54, 1.807) is 7.05 Å². The van der Waals surface area contributed by atoms with Crippen LogP contribution in [0.2, 0.25) is 0 Å². The normalized spacial score (nSPS) is 20.9. The molecule has 0 amide bonds. The molecule has 19 heavy (non-hydrogen) atoms. The highest BCUT2D eigenvalue weighted by Gasteiger charge is 2.21. The van der Waals surface area contributed by atoms with E-state index in [0.717, 1.165) is 31.2 Å². The van der Waals surface area contributed by atoms with Crippen molar-refractivity contribution in [3.63, 3.8) is 0 Å². The van der Waals surface area contributed by atoms with Crippen LogP contribution < -0.4 is 5.32 Å². The molecule has 1 rings (SSSR count). The van der Waals surface area contributed by atoms with E-state index in [2.05, 4.69) is 22.1 Å². The third kappa shape index (κ3) is 7.60.